The van der Waals surface area contributed by atoms with Gasteiger partial charge in [-0.1, -0.05) is 25.7 Å². The highest BCUT2D eigenvalue weighted by molar-refractivity contribution is 5.79. The largest absolute Gasteiger partial charge is 0.300 e. The summed E-state index contributed by atoms with van der Waals surface area (Å²) >= 11 is 0. The zero-order valence-electron chi connectivity index (χ0n) is 10.3. The molecule has 1 aliphatic rings. The van der Waals surface area contributed by atoms with Crippen LogP contribution in [0, 0.1) is 0 Å². The quantitative estimate of drug-likeness (QED) is 0.627. The van der Waals surface area contributed by atoms with Crippen molar-refractivity contribution in [2.24, 2.45) is 0 Å². The molecule has 0 aliphatic heterocycles. The average molecular weight is 224 g/mol. The van der Waals surface area contributed by atoms with Crippen LogP contribution in [0.2, 0.25) is 0 Å². The van der Waals surface area contributed by atoms with E-state index in [2.05, 4.69) is 0 Å². The molecule has 1 aliphatic carbocycles. The van der Waals surface area contributed by atoms with Crippen LogP contribution in [0.15, 0.2) is 0 Å². The van der Waals surface area contributed by atoms with Crippen LogP contribution in [0.5, 0.6) is 0 Å². The van der Waals surface area contributed by atoms with Crippen LogP contribution in [-0.2, 0) is 9.59 Å². The molecule has 2 nitrogen and oxygen atoms in total. The normalized spacial score (nSPS) is 22.8. The second-order valence-electron chi connectivity index (χ2n) is 4.91. The van der Waals surface area contributed by atoms with E-state index in [-0.39, 0.29) is 0 Å². The lowest BCUT2D eigenvalue weighted by atomic mass is 10.00. The predicted octanol–water partition coefficient (Wildman–Crippen LogP) is 3.82. The van der Waals surface area contributed by atoms with Gasteiger partial charge in [0, 0.05) is 25.7 Å². The molecule has 0 aromatic rings. The van der Waals surface area contributed by atoms with E-state index >= 15 is 0 Å². The van der Waals surface area contributed by atoms with Crippen LogP contribution >= 0.6 is 0 Å². The van der Waals surface area contributed by atoms with Crippen molar-refractivity contribution in [3.05, 3.63) is 0 Å². The van der Waals surface area contributed by atoms with Crippen molar-refractivity contribution in [3.63, 3.8) is 0 Å². The van der Waals surface area contributed by atoms with Crippen molar-refractivity contribution in [2.75, 3.05) is 0 Å². The van der Waals surface area contributed by atoms with E-state index in [9.17, 15) is 9.59 Å². The van der Waals surface area contributed by atoms with E-state index < -0.39 is 0 Å². The Balaban J connectivity index is 2.24. The molecular weight excluding hydrogens is 200 g/mol. The third-order valence-corrected chi connectivity index (χ3v) is 3.32. The second kappa shape index (κ2) is 8.49. The Bertz CT molecular complexity index is 197. The molecule has 0 bridgehead atoms. The van der Waals surface area contributed by atoms with E-state index in [4.69, 9.17) is 0 Å². The number of ketones is 2. The fourth-order valence-corrected chi connectivity index (χ4v) is 2.25. The van der Waals surface area contributed by atoms with Gasteiger partial charge in [-0.05, 0) is 25.7 Å². The summed E-state index contributed by atoms with van der Waals surface area (Å²) in [5.74, 6) is 0.786. The van der Waals surface area contributed by atoms with Crippen LogP contribution in [0.25, 0.3) is 0 Å². The lowest BCUT2D eigenvalue weighted by molar-refractivity contribution is -0.121. The van der Waals surface area contributed by atoms with Gasteiger partial charge in [0.15, 0.2) is 0 Å². The molecule has 0 aromatic carbocycles. The molecule has 1 fully saturated rings. The van der Waals surface area contributed by atoms with Crippen molar-refractivity contribution in [2.45, 2.75) is 77.0 Å². The highest BCUT2D eigenvalue weighted by atomic mass is 16.1. The number of hydrogen-bond donors (Lipinski definition) is 0. The Hall–Kier alpha value is -0.660. The van der Waals surface area contributed by atoms with Gasteiger partial charge in [0.25, 0.3) is 0 Å². The molecule has 0 radical (unpaired) electrons. The van der Waals surface area contributed by atoms with E-state index in [1.54, 1.807) is 0 Å². The molecule has 0 amide bonds. The number of carbonyl (C=O) groups excluding carboxylic acids is 2. The van der Waals surface area contributed by atoms with E-state index in [0.29, 0.717) is 24.4 Å². The Morgan fingerprint density at radius 2 is 0.688 bits per heavy atom. The van der Waals surface area contributed by atoms with Crippen molar-refractivity contribution < 1.29 is 9.59 Å². The van der Waals surface area contributed by atoms with Crippen LogP contribution in [0.4, 0.5) is 0 Å². The summed E-state index contributed by atoms with van der Waals surface area (Å²) in [4.78, 5) is 22.9. The monoisotopic (exact) mass is 224 g/mol. The van der Waals surface area contributed by atoms with Gasteiger partial charge in [-0.25, -0.2) is 0 Å². The molecule has 0 spiro atoms. The van der Waals surface area contributed by atoms with Gasteiger partial charge in [0.1, 0.15) is 11.6 Å². The standard InChI is InChI=1S/C14H24O2/c15-13-9-5-3-1-2-4-6-10-14(16)12-8-7-11-13/h1-12H2. The van der Waals surface area contributed by atoms with Crippen molar-refractivity contribution in [1.82, 2.24) is 0 Å². The second-order valence-corrected chi connectivity index (χ2v) is 4.91. The average Bonchev–Trinajstić information content (AvgIpc) is 2.27. The smallest absolute Gasteiger partial charge is 0.132 e. The van der Waals surface area contributed by atoms with E-state index in [0.717, 1.165) is 38.5 Å². The number of carbonyl (C=O) groups is 2. The number of rotatable bonds is 0. The first kappa shape index (κ1) is 13.4. The maximum Gasteiger partial charge on any atom is 0.132 e. The maximum atomic E-state index is 11.4. The maximum absolute atomic E-state index is 11.4. The highest BCUT2D eigenvalue weighted by Gasteiger charge is 2.06. The molecule has 0 atom stereocenters. The lowest BCUT2D eigenvalue weighted by Gasteiger charge is -2.05. The van der Waals surface area contributed by atoms with Gasteiger partial charge in [-0.2, -0.15) is 0 Å². The summed E-state index contributed by atoms with van der Waals surface area (Å²) in [5, 5.41) is 0. The molecular formula is C14H24O2. The molecule has 0 unspecified atom stereocenters. The van der Waals surface area contributed by atoms with Crippen molar-refractivity contribution >= 4 is 11.6 Å². The molecule has 1 rings (SSSR count). The summed E-state index contributed by atoms with van der Waals surface area (Å²) in [5.41, 5.74) is 0. The topological polar surface area (TPSA) is 34.1 Å². The molecule has 0 heterocycles. The number of hydrogen-bond acceptors (Lipinski definition) is 2. The molecule has 1 saturated carbocycles. The fourth-order valence-electron chi connectivity index (χ4n) is 2.25. The van der Waals surface area contributed by atoms with E-state index in [1.165, 1.54) is 25.7 Å². The zero-order valence-corrected chi connectivity index (χ0v) is 10.3. The van der Waals surface area contributed by atoms with Crippen molar-refractivity contribution in [1.29, 1.82) is 0 Å². The van der Waals surface area contributed by atoms with Crippen molar-refractivity contribution in [3.8, 4) is 0 Å². The Kier molecular flexibility index (Phi) is 7.11. The van der Waals surface area contributed by atoms with Gasteiger partial charge in [-0.3, -0.25) is 9.59 Å². The lowest BCUT2D eigenvalue weighted by Crippen LogP contribution is -2.01. The van der Waals surface area contributed by atoms with Crippen LogP contribution in [-0.4, -0.2) is 11.6 Å². The minimum atomic E-state index is 0.393. The minimum absolute atomic E-state index is 0.393. The molecule has 92 valence electrons. The molecule has 0 N–H and O–H groups in total. The SMILES string of the molecule is O=C1CCCCCCCCC(=O)CCCC1. The summed E-state index contributed by atoms with van der Waals surface area (Å²) in [7, 11) is 0. The first-order valence-electron chi connectivity index (χ1n) is 6.82. The molecule has 2 heteroatoms. The zero-order chi connectivity index (χ0) is 11.6. The van der Waals surface area contributed by atoms with Gasteiger partial charge >= 0.3 is 0 Å². The summed E-state index contributed by atoms with van der Waals surface area (Å²) in [6, 6.07) is 0. The Morgan fingerprint density at radius 3 is 1.06 bits per heavy atom. The predicted molar refractivity (Wildman–Crippen MR) is 65.4 cm³/mol. The Labute approximate surface area is 98.8 Å². The Morgan fingerprint density at radius 1 is 0.438 bits per heavy atom. The fraction of sp³-hybridized carbons (Fsp3) is 0.857. The minimum Gasteiger partial charge on any atom is -0.300 e. The van der Waals surface area contributed by atoms with Crippen LogP contribution in [0.3, 0.4) is 0 Å². The van der Waals surface area contributed by atoms with Crippen LogP contribution in [0.1, 0.15) is 77.0 Å². The van der Waals surface area contributed by atoms with Gasteiger partial charge in [0.05, 0.1) is 0 Å². The number of Topliss-reactive ketones (excluding diaryl/α,β-unsaturated/α-hetero) is 2. The first-order valence-corrected chi connectivity index (χ1v) is 6.82. The summed E-state index contributed by atoms with van der Waals surface area (Å²) in [6.45, 7) is 0. The van der Waals surface area contributed by atoms with Crippen LogP contribution < -0.4 is 0 Å². The highest BCUT2D eigenvalue weighted by Crippen LogP contribution is 2.13. The summed E-state index contributed by atoms with van der Waals surface area (Å²) < 4.78 is 0. The van der Waals surface area contributed by atoms with E-state index in [1.807, 2.05) is 0 Å². The van der Waals surface area contributed by atoms with Gasteiger partial charge in [0.2, 0.25) is 0 Å². The third-order valence-electron chi connectivity index (χ3n) is 3.32. The first-order chi connectivity index (χ1) is 7.79. The molecule has 0 saturated heterocycles. The molecule has 0 aromatic heterocycles. The third kappa shape index (κ3) is 6.76. The van der Waals surface area contributed by atoms with Gasteiger partial charge in [-0.15, -0.1) is 0 Å². The van der Waals surface area contributed by atoms with Gasteiger partial charge < -0.3 is 0 Å². The summed E-state index contributed by atoms with van der Waals surface area (Å²) in [6.07, 6.45) is 11.6. The molecule has 16 heavy (non-hydrogen) atoms.